The van der Waals surface area contributed by atoms with E-state index in [1.165, 1.54) is 122 Å². The second-order valence-electron chi connectivity index (χ2n) is 15.0. The van der Waals surface area contributed by atoms with E-state index >= 15 is 0 Å². The van der Waals surface area contributed by atoms with E-state index in [4.69, 9.17) is 13.8 Å². The number of esters is 1. The van der Waals surface area contributed by atoms with Crippen molar-refractivity contribution in [3.63, 3.8) is 0 Å². The van der Waals surface area contributed by atoms with Gasteiger partial charge in [-0.3, -0.25) is 18.6 Å². The summed E-state index contributed by atoms with van der Waals surface area (Å²) in [5.74, 6) is -0.570. The Bertz CT molecular complexity index is 1060. The monoisotopic (exact) mass is 810 g/mol. The van der Waals surface area contributed by atoms with Crippen LogP contribution in [-0.4, -0.2) is 54.3 Å². The molecule has 0 rings (SSSR count). The lowest BCUT2D eigenvalue weighted by atomic mass is 10.0. The molecule has 2 unspecified atom stereocenters. The highest BCUT2D eigenvalue weighted by Crippen LogP contribution is 2.42. The molecule has 0 spiro atoms. The number of phosphoric ester groups is 1. The van der Waals surface area contributed by atoms with E-state index in [2.05, 4.69) is 67.8 Å². The summed E-state index contributed by atoms with van der Waals surface area (Å²) in [4.78, 5) is 33.9. The molecule has 56 heavy (non-hydrogen) atoms. The molecular formula is C46H84NO8P. The van der Waals surface area contributed by atoms with E-state index in [1.807, 2.05) is 0 Å². The predicted octanol–water partition coefficient (Wildman–Crippen LogP) is 12.7. The van der Waals surface area contributed by atoms with Gasteiger partial charge in [0, 0.05) is 19.4 Å². The van der Waals surface area contributed by atoms with Crippen molar-refractivity contribution in [2.45, 2.75) is 206 Å². The molecular weight excluding hydrogens is 725 g/mol. The summed E-state index contributed by atoms with van der Waals surface area (Å²) >= 11 is 0. The lowest BCUT2D eigenvalue weighted by molar-refractivity contribution is -0.147. The molecule has 9 nitrogen and oxygen atoms in total. The molecule has 0 bridgehead atoms. The third-order valence-electron chi connectivity index (χ3n) is 9.51. The number of carbonyl (C=O) groups is 2. The summed E-state index contributed by atoms with van der Waals surface area (Å²) in [7, 11) is -4.43. The first kappa shape index (κ1) is 54.0. The van der Waals surface area contributed by atoms with Crippen molar-refractivity contribution in [1.82, 2.24) is 5.32 Å². The minimum Gasteiger partial charge on any atom is -0.463 e. The van der Waals surface area contributed by atoms with Crippen LogP contribution in [0.1, 0.15) is 200 Å². The van der Waals surface area contributed by atoms with Crippen molar-refractivity contribution in [2.75, 3.05) is 26.4 Å². The van der Waals surface area contributed by atoms with Gasteiger partial charge in [-0.1, -0.05) is 184 Å². The molecule has 0 aliphatic rings. The smallest absolute Gasteiger partial charge is 0.463 e. The van der Waals surface area contributed by atoms with Gasteiger partial charge >= 0.3 is 13.8 Å². The number of hydrogen-bond acceptors (Lipinski definition) is 7. The second-order valence-corrected chi connectivity index (χ2v) is 16.5. The Labute approximate surface area is 343 Å². The molecule has 326 valence electrons. The third kappa shape index (κ3) is 43.1. The number of allylic oxidation sites excluding steroid dienone is 8. The average molecular weight is 810 g/mol. The summed E-state index contributed by atoms with van der Waals surface area (Å²) in [6, 6.07) is 0. The minimum absolute atomic E-state index is 0.0523. The highest BCUT2D eigenvalue weighted by atomic mass is 31.2. The lowest BCUT2D eigenvalue weighted by Gasteiger charge is -2.15. The second kappa shape index (κ2) is 42.6. The molecule has 0 fully saturated rings. The zero-order valence-corrected chi connectivity index (χ0v) is 36.7. The molecule has 0 aliphatic heterocycles. The van der Waals surface area contributed by atoms with Gasteiger partial charge in [0.05, 0.1) is 13.2 Å². The Kier molecular flexibility index (Phi) is 41.0. The number of nitrogens with one attached hydrogen (secondary N) is 1. The lowest BCUT2D eigenvalue weighted by Crippen LogP contribution is -2.27. The van der Waals surface area contributed by atoms with Crippen LogP contribution in [0.25, 0.3) is 0 Å². The van der Waals surface area contributed by atoms with Crippen molar-refractivity contribution in [3.8, 4) is 0 Å². The molecule has 0 saturated carbocycles. The Morgan fingerprint density at radius 3 is 1.48 bits per heavy atom. The zero-order valence-electron chi connectivity index (χ0n) is 35.8. The fourth-order valence-electron chi connectivity index (χ4n) is 6.08. The first-order valence-corrected chi connectivity index (χ1v) is 24.1. The third-order valence-corrected chi connectivity index (χ3v) is 10.5. The average Bonchev–Trinajstić information content (AvgIpc) is 3.18. The Balaban J connectivity index is 3.65. The minimum atomic E-state index is -4.43. The number of aliphatic hydroxyl groups excluding tert-OH is 1. The van der Waals surface area contributed by atoms with Gasteiger partial charge in [0.2, 0.25) is 5.91 Å². The van der Waals surface area contributed by atoms with E-state index in [0.717, 1.165) is 44.9 Å². The molecule has 3 N–H and O–H groups in total. The first-order chi connectivity index (χ1) is 27.3. The van der Waals surface area contributed by atoms with Crippen molar-refractivity contribution in [3.05, 3.63) is 48.6 Å². The van der Waals surface area contributed by atoms with Crippen LogP contribution in [-0.2, 0) is 27.9 Å². The number of hydrogen-bond donors (Lipinski definition) is 3. The zero-order chi connectivity index (χ0) is 41.1. The maximum absolute atomic E-state index is 12.1. The molecule has 0 aromatic carbocycles. The number of aliphatic hydroxyl groups is 1. The molecule has 10 heteroatoms. The predicted molar refractivity (Wildman–Crippen MR) is 234 cm³/mol. The van der Waals surface area contributed by atoms with Gasteiger partial charge in [-0.05, 0) is 51.4 Å². The topological polar surface area (TPSA) is 131 Å². The van der Waals surface area contributed by atoms with Crippen molar-refractivity contribution in [1.29, 1.82) is 0 Å². The van der Waals surface area contributed by atoms with E-state index in [-0.39, 0.29) is 32.1 Å². The Morgan fingerprint density at radius 2 is 0.982 bits per heavy atom. The van der Waals surface area contributed by atoms with E-state index in [0.29, 0.717) is 12.8 Å². The fraction of sp³-hybridized carbons (Fsp3) is 0.783. The van der Waals surface area contributed by atoms with Gasteiger partial charge in [0.25, 0.3) is 0 Å². The van der Waals surface area contributed by atoms with Crippen LogP contribution < -0.4 is 5.32 Å². The first-order valence-electron chi connectivity index (χ1n) is 22.6. The van der Waals surface area contributed by atoms with Gasteiger partial charge in [-0.15, -0.1) is 0 Å². The SMILES string of the molecule is CCCCC/C=C\C/C=C\C/C=C\C/C=C\CCCC(=O)NCCOP(=O)(O)OCC(O)COC(=O)CCCCCCCCCCCCCCCCCCCC. The van der Waals surface area contributed by atoms with Crippen LogP contribution in [0.3, 0.4) is 0 Å². The molecule has 0 aromatic rings. The summed E-state index contributed by atoms with van der Waals surface area (Å²) in [6.45, 7) is 3.47. The largest absolute Gasteiger partial charge is 0.472 e. The van der Waals surface area contributed by atoms with Crippen molar-refractivity contribution in [2.24, 2.45) is 0 Å². The van der Waals surface area contributed by atoms with Gasteiger partial charge in [0.1, 0.15) is 12.7 Å². The fourth-order valence-corrected chi connectivity index (χ4v) is 6.84. The Hall–Kier alpha value is -2.03. The number of ether oxygens (including phenoxy) is 1. The molecule has 2 atom stereocenters. The van der Waals surface area contributed by atoms with Crippen LogP contribution in [0.5, 0.6) is 0 Å². The van der Waals surface area contributed by atoms with Gasteiger partial charge in [-0.25, -0.2) is 4.57 Å². The van der Waals surface area contributed by atoms with Crippen LogP contribution in [0.2, 0.25) is 0 Å². The number of amides is 1. The number of unbranched alkanes of at least 4 members (excludes halogenated alkanes) is 21. The molecule has 0 radical (unpaired) electrons. The molecule has 0 aromatic heterocycles. The maximum Gasteiger partial charge on any atom is 0.472 e. The highest BCUT2D eigenvalue weighted by Gasteiger charge is 2.23. The molecule has 0 heterocycles. The number of rotatable bonds is 42. The van der Waals surface area contributed by atoms with Crippen LogP contribution in [0, 0.1) is 0 Å². The molecule has 0 saturated heterocycles. The highest BCUT2D eigenvalue weighted by molar-refractivity contribution is 7.47. The summed E-state index contributed by atoms with van der Waals surface area (Å²) in [6.07, 6.45) is 49.1. The number of carbonyl (C=O) groups excluding carboxylic acids is 2. The van der Waals surface area contributed by atoms with E-state index < -0.39 is 26.5 Å². The molecule has 0 aliphatic carbocycles. The van der Waals surface area contributed by atoms with Gasteiger partial charge in [0.15, 0.2) is 0 Å². The normalized spacial score (nSPS) is 13.7. The summed E-state index contributed by atoms with van der Waals surface area (Å²) in [5.41, 5.74) is 0. The Morgan fingerprint density at radius 1 is 0.554 bits per heavy atom. The van der Waals surface area contributed by atoms with E-state index in [1.54, 1.807) is 0 Å². The standard InChI is InChI=1S/C46H84NO8P/c1-3-5-7-9-11-13-15-17-19-21-23-25-27-29-31-33-35-37-39-46(50)53-42-44(48)43-55-56(51,52)54-41-40-47-45(49)38-36-34-32-30-28-26-24-22-20-18-16-14-12-10-8-6-4-2/h12,14,18,20,24,26,30,32,44,48H,3-11,13,15-17,19,21-23,25,27-29,31,33-43H2,1-2H3,(H,47,49)(H,51,52)/b14-12-,20-18-,26-24-,32-30-. The van der Waals surface area contributed by atoms with E-state index in [9.17, 15) is 24.2 Å². The quantitative estimate of drug-likeness (QED) is 0.0240. The van der Waals surface area contributed by atoms with Crippen LogP contribution in [0.4, 0.5) is 0 Å². The van der Waals surface area contributed by atoms with Crippen LogP contribution in [0.15, 0.2) is 48.6 Å². The maximum atomic E-state index is 12.1. The molecule has 1 amide bonds. The number of phosphoric acid groups is 1. The van der Waals surface area contributed by atoms with Crippen molar-refractivity contribution >= 4 is 19.7 Å². The summed E-state index contributed by atoms with van der Waals surface area (Å²) in [5, 5.41) is 12.7. The summed E-state index contributed by atoms with van der Waals surface area (Å²) < 4.78 is 26.9. The van der Waals surface area contributed by atoms with Crippen LogP contribution >= 0.6 is 7.82 Å². The van der Waals surface area contributed by atoms with Gasteiger partial charge in [-0.2, -0.15) is 0 Å². The van der Waals surface area contributed by atoms with Gasteiger partial charge < -0.3 is 20.1 Å². The van der Waals surface area contributed by atoms with Crippen molar-refractivity contribution < 1.29 is 37.9 Å².